The van der Waals surface area contributed by atoms with Crippen LogP contribution in [0.25, 0.3) is 0 Å². The Morgan fingerprint density at radius 2 is 2.13 bits per heavy atom. The van der Waals surface area contributed by atoms with Gasteiger partial charge >= 0.3 is 6.03 Å². The predicted molar refractivity (Wildman–Crippen MR) is 87.9 cm³/mol. The highest BCUT2D eigenvalue weighted by Crippen LogP contribution is 2.24. The molecule has 1 aliphatic rings. The van der Waals surface area contributed by atoms with E-state index in [2.05, 4.69) is 16.8 Å². The van der Waals surface area contributed by atoms with Gasteiger partial charge in [-0.15, -0.1) is 5.54 Å². The lowest BCUT2D eigenvalue weighted by Gasteiger charge is -2.24. The Labute approximate surface area is 137 Å². The van der Waals surface area contributed by atoms with Gasteiger partial charge in [-0.1, -0.05) is 25.6 Å². The molecule has 3 atom stereocenters. The van der Waals surface area contributed by atoms with Crippen molar-refractivity contribution in [3.05, 3.63) is 11.8 Å². The Bertz CT molecular complexity index is 532. The molecule has 1 rings (SSSR count). The second-order valence-electron chi connectivity index (χ2n) is 6.28. The molecule has 0 aromatic heterocycles. The number of urea groups is 1. The van der Waals surface area contributed by atoms with E-state index in [9.17, 15) is 14.7 Å². The van der Waals surface area contributed by atoms with E-state index in [1.165, 1.54) is 18.1 Å². The summed E-state index contributed by atoms with van der Waals surface area (Å²) < 4.78 is 5.46. The first-order valence-corrected chi connectivity index (χ1v) is 10.9. The number of hydrogen-bond acceptors (Lipinski definition) is 5. The van der Waals surface area contributed by atoms with Crippen LogP contribution in [0.3, 0.4) is 0 Å². The van der Waals surface area contributed by atoms with Crippen molar-refractivity contribution in [3.8, 4) is 11.5 Å². The third-order valence-corrected chi connectivity index (χ3v) is 4.00. The average molecular weight is 340 g/mol. The van der Waals surface area contributed by atoms with Gasteiger partial charge in [0, 0.05) is 19.7 Å². The van der Waals surface area contributed by atoms with Crippen LogP contribution in [0.5, 0.6) is 0 Å². The standard InChI is InChI=1S/C15H24N2O5Si/c1-16-15(21)17(14-7-12(20)13(10-19)22-14)8-11(9-18)5-6-23(2,3)4/h8-9,12-14,19-20H,7,10H2,1-4H3,(H,16,21)/b11-8-/t12-,13+,14+/m0/s1. The smallest absolute Gasteiger partial charge is 0.323 e. The predicted octanol–water partition coefficient (Wildman–Crippen LogP) is 0.0596. The van der Waals surface area contributed by atoms with Gasteiger partial charge in [0.1, 0.15) is 20.4 Å². The molecule has 8 heteroatoms. The minimum atomic E-state index is -1.67. The van der Waals surface area contributed by atoms with E-state index in [-0.39, 0.29) is 18.6 Å². The lowest BCUT2D eigenvalue weighted by molar-refractivity contribution is -0.104. The molecule has 0 aliphatic carbocycles. The SMILES string of the molecule is CNC(=O)N(/C=C(/C#C[Si](C)(C)C)C=O)[C@H]1C[C@H](O)[C@@H](CO)O1. The first-order chi connectivity index (χ1) is 10.7. The number of carbonyl (C=O) groups is 2. The summed E-state index contributed by atoms with van der Waals surface area (Å²) in [4.78, 5) is 24.5. The molecule has 0 unspecified atom stereocenters. The molecule has 128 valence electrons. The van der Waals surface area contributed by atoms with Crippen molar-refractivity contribution in [2.45, 2.75) is 44.5 Å². The summed E-state index contributed by atoms with van der Waals surface area (Å²) in [5.74, 6) is 2.79. The van der Waals surface area contributed by atoms with Crippen molar-refractivity contribution >= 4 is 20.4 Å². The average Bonchev–Trinajstić information content (AvgIpc) is 2.86. The normalized spacial score (nSPS) is 24.6. The maximum absolute atomic E-state index is 12.0. The summed E-state index contributed by atoms with van der Waals surface area (Å²) in [6.45, 7) is 5.78. The van der Waals surface area contributed by atoms with Gasteiger partial charge in [-0.25, -0.2) is 4.79 Å². The number of amides is 2. The van der Waals surface area contributed by atoms with Crippen molar-refractivity contribution in [2.75, 3.05) is 13.7 Å². The first kappa shape index (κ1) is 19.4. The monoisotopic (exact) mass is 340 g/mol. The summed E-state index contributed by atoms with van der Waals surface area (Å²) in [5, 5.41) is 21.4. The number of ether oxygens (including phenoxy) is 1. The van der Waals surface area contributed by atoms with E-state index in [4.69, 9.17) is 9.84 Å². The quantitative estimate of drug-likeness (QED) is 0.291. The number of aliphatic hydroxyl groups is 2. The summed E-state index contributed by atoms with van der Waals surface area (Å²) in [6, 6.07) is -0.491. The van der Waals surface area contributed by atoms with Crippen LogP contribution in [-0.4, -0.2) is 67.6 Å². The Morgan fingerprint density at radius 3 is 2.57 bits per heavy atom. The number of nitrogens with zero attached hydrogens (tertiary/aromatic N) is 1. The number of allylic oxidation sites excluding steroid dienone is 1. The largest absolute Gasteiger partial charge is 0.394 e. The minimum Gasteiger partial charge on any atom is -0.394 e. The number of aliphatic hydroxyl groups excluding tert-OH is 2. The van der Waals surface area contributed by atoms with Gasteiger partial charge in [0.25, 0.3) is 0 Å². The zero-order chi connectivity index (χ0) is 17.6. The van der Waals surface area contributed by atoms with Crippen LogP contribution in [0.2, 0.25) is 19.6 Å². The van der Waals surface area contributed by atoms with Crippen molar-refractivity contribution in [3.63, 3.8) is 0 Å². The highest BCUT2D eigenvalue weighted by Gasteiger charge is 2.38. The molecule has 1 saturated heterocycles. The van der Waals surface area contributed by atoms with Crippen LogP contribution in [0.4, 0.5) is 4.79 Å². The number of aldehydes is 1. The Morgan fingerprint density at radius 1 is 1.48 bits per heavy atom. The van der Waals surface area contributed by atoms with Gasteiger partial charge in [-0.2, -0.15) is 0 Å². The minimum absolute atomic E-state index is 0.142. The number of hydrogen-bond donors (Lipinski definition) is 3. The van der Waals surface area contributed by atoms with Gasteiger partial charge in [0.15, 0.2) is 6.29 Å². The Hall–Kier alpha value is -1.66. The van der Waals surface area contributed by atoms with Gasteiger partial charge in [-0.05, 0) is 0 Å². The van der Waals surface area contributed by atoms with Crippen LogP contribution < -0.4 is 5.32 Å². The third-order valence-electron chi connectivity index (χ3n) is 3.13. The van der Waals surface area contributed by atoms with Crippen molar-refractivity contribution in [1.82, 2.24) is 10.2 Å². The van der Waals surface area contributed by atoms with Crippen molar-refractivity contribution in [2.24, 2.45) is 0 Å². The molecular formula is C15H24N2O5Si. The highest BCUT2D eigenvalue weighted by atomic mass is 28.3. The van der Waals surface area contributed by atoms with E-state index in [0.717, 1.165) is 0 Å². The summed E-state index contributed by atoms with van der Waals surface area (Å²) in [5.41, 5.74) is 3.21. The van der Waals surface area contributed by atoms with E-state index >= 15 is 0 Å². The summed E-state index contributed by atoms with van der Waals surface area (Å²) in [6.07, 6.45) is -0.367. The van der Waals surface area contributed by atoms with Gasteiger partial charge in [-0.3, -0.25) is 9.69 Å². The molecule has 0 spiro atoms. The Kier molecular flexibility index (Phi) is 6.96. The van der Waals surface area contributed by atoms with Crippen LogP contribution in [0.15, 0.2) is 11.8 Å². The molecule has 3 N–H and O–H groups in total. The molecule has 0 saturated carbocycles. The first-order valence-electron chi connectivity index (χ1n) is 7.36. The fraction of sp³-hybridized carbons (Fsp3) is 0.600. The zero-order valence-electron chi connectivity index (χ0n) is 13.9. The van der Waals surface area contributed by atoms with Gasteiger partial charge in [0.2, 0.25) is 0 Å². The van der Waals surface area contributed by atoms with Crippen LogP contribution in [0.1, 0.15) is 6.42 Å². The molecule has 0 aromatic rings. The molecule has 0 radical (unpaired) electrons. The lowest BCUT2D eigenvalue weighted by atomic mass is 10.2. The molecule has 0 aromatic carbocycles. The van der Waals surface area contributed by atoms with Crippen LogP contribution in [0, 0.1) is 11.5 Å². The maximum Gasteiger partial charge on any atom is 0.323 e. The van der Waals surface area contributed by atoms with Crippen LogP contribution >= 0.6 is 0 Å². The van der Waals surface area contributed by atoms with Crippen molar-refractivity contribution < 1.29 is 24.5 Å². The van der Waals surface area contributed by atoms with Crippen molar-refractivity contribution in [1.29, 1.82) is 0 Å². The molecule has 2 amide bonds. The topological polar surface area (TPSA) is 99.1 Å². The number of nitrogens with one attached hydrogen (secondary N) is 1. The van der Waals surface area contributed by atoms with Gasteiger partial charge < -0.3 is 20.3 Å². The summed E-state index contributed by atoms with van der Waals surface area (Å²) in [7, 11) is -0.215. The summed E-state index contributed by atoms with van der Waals surface area (Å²) >= 11 is 0. The molecule has 0 bridgehead atoms. The molecule has 7 nitrogen and oxygen atoms in total. The highest BCUT2D eigenvalue weighted by molar-refractivity contribution is 6.83. The maximum atomic E-state index is 12.0. The number of carbonyl (C=O) groups excluding carboxylic acids is 2. The van der Waals surface area contributed by atoms with E-state index in [1.807, 2.05) is 19.6 Å². The molecule has 1 aliphatic heterocycles. The molecule has 23 heavy (non-hydrogen) atoms. The fourth-order valence-electron chi connectivity index (χ4n) is 1.95. The fourth-order valence-corrected chi connectivity index (χ4v) is 2.47. The molecular weight excluding hydrogens is 316 g/mol. The molecule has 1 fully saturated rings. The Balaban J connectivity index is 3.06. The molecule has 1 heterocycles. The van der Waals surface area contributed by atoms with Crippen LogP contribution in [-0.2, 0) is 9.53 Å². The van der Waals surface area contributed by atoms with E-state index in [0.29, 0.717) is 6.29 Å². The van der Waals surface area contributed by atoms with Gasteiger partial charge in [0.05, 0.1) is 18.3 Å². The zero-order valence-corrected chi connectivity index (χ0v) is 14.9. The lowest BCUT2D eigenvalue weighted by Crippen LogP contribution is -2.42. The van der Waals surface area contributed by atoms with E-state index in [1.54, 1.807) is 0 Å². The second-order valence-corrected chi connectivity index (χ2v) is 11.0. The van der Waals surface area contributed by atoms with E-state index < -0.39 is 32.5 Å². The number of rotatable bonds is 4. The second kappa shape index (κ2) is 8.26. The third kappa shape index (κ3) is 5.80.